The van der Waals surface area contributed by atoms with Gasteiger partial charge in [0.15, 0.2) is 11.3 Å². The van der Waals surface area contributed by atoms with Crippen molar-refractivity contribution in [2.45, 2.75) is 11.8 Å². The van der Waals surface area contributed by atoms with Crippen LogP contribution in [0.2, 0.25) is 0 Å². The summed E-state index contributed by atoms with van der Waals surface area (Å²) >= 11 is 0. The zero-order chi connectivity index (χ0) is 24.5. The molecule has 15 nitrogen and oxygen atoms in total. The van der Waals surface area contributed by atoms with Crippen LogP contribution < -0.4 is 16.0 Å². The minimum atomic E-state index is -4.02. The van der Waals surface area contributed by atoms with Gasteiger partial charge in [0.2, 0.25) is 5.96 Å². The smallest absolute Gasteiger partial charge is 0.326 e. The maximum atomic E-state index is 11.1. The van der Waals surface area contributed by atoms with E-state index in [-0.39, 0.29) is 10.6 Å². The minimum Gasteiger partial charge on any atom is -0.490 e. The second-order valence-corrected chi connectivity index (χ2v) is 7.11. The fourth-order valence-electron chi connectivity index (χ4n) is 2.10. The highest BCUT2D eigenvalue weighted by Crippen LogP contribution is 2.35. The lowest BCUT2D eigenvalue weighted by Crippen LogP contribution is -2.27. The Morgan fingerprint density at radius 2 is 1.75 bits per heavy atom. The SMILES string of the molecule is COc1ccc([N+](=O)[O-])c(/C=N/N=C(\N)NO)c1[N+](=O)[O-].Cc1ccc(S(=O)(=O)O)cc1. The third kappa shape index (κ3) is 7.27. The van der Waals surface area contributed by atoms with Crippen molar-refractivity contribution in [1.29, 1.82) is 0 Å². The van der Waals surface area contributed by atoms with Crippen molar-refractivity contribution in [3.8, 4) is 5.75 Å². The van der Waals surface area contributed by atoms with Crippen LogP contribution in [-0.2, 0) is 10.1 Å². The van der Waals surface area contributed by atoms with E-state index in [9.17, 15) is 28.6 Å². The maximum absolute atomic E-state index is 11.1. The van der Waals surface area contributed by atoms with Crippen LogP contribution in [-0.4, -0.2) is 47.3 Å². The Kier molecular flexibility index (Phi) is 9.14. The van der Waals surface area contributed by atoms with Gasteiger partial charge in [-0.3, -0.25) is 30.0 Å². The number of methoxy groups -OCH3 is 1. The van der Waals surface area contributed by atoms with Crippen LogP contribution in [0.3, 0.4) is 0 Å². The first kappa shape index (κ1) is 25.9. The third-order valence-corrected chi connectivity index (χ3v) is 4.41. The fraction of sp³-hybridized carbons (Fsp3) is 0.125. The van der Waals surface area contributed by atoms with E-state index in [4.69, 9.17) is 20.2 Å². The zero-order valence-electron chi connectivity index (χ0n) is 16.6. The molecule has 0 fully saturated rings. The number of aryl methyl sites for hydroxylation is 1. The highest BCUT2D eigenvalue weighted by atomic mass is 32.2. The Morgan fingerprint density at radius 3 is 2.19 bits per heavy atom. The number of nitro groups is 2. The molecular weight excluding hydrogens is 452 g/mol. The van der Waals surface area contributed by atoms with Gasteiger partial charge in [-0.1, -0.05) is 17.7 Å². The molecule has 172 valence electrons. The standard InChI is InChI=1S/C9H10N6O6.C7H8O3S/c1-21-7-3-2-6(14(17)18)5(8(7)15(19)20)4-11-12-9(10)13-16;1-6-2-4-7(5-3-6)11(8,9)10/h2-4,16H,1H3,(H3,10,12,13);2-5H,1H3,(H,8,9,10)/b11-4+;. The first-order valence-corrected chi connectivity index (χ1v) is 9.66. The molecule has 0 aliphatic rings. The van der Waals surface area contributed by atoms with Crippen LogP contribution in [0.15, 0.2) is 51.5 Å². The minimum absolute atomic E-state index is 0.0666. The zero-order valence-corrected chi connectivity index (χ0v) is 17.4. The van der Waals surface area contributed by atoms with Crippen molar-refractivity contribution in [3.63, 3.8) is 0 Å². The first-order valence-electron chi connectivity index (χ1n) is 8.22. The number of nitro benzene ring substituents is 2. The van der Waals surface area contributed by atoms with Crippen molar-refractivity contribution in [1.82, 2.24) is 5.48 Å². The average molecular weight is 470 g/mol. The molecule has 0 atom stereocenters. The number of hydrogen-bond acceptors (Lipinski definition) is 10. The van der Waals surface area contributed by atoms with Crippen LogP contribution in [0.25, 0.3) is 0 Å². The summed E-state index contributed by atoms with van der Waals surface area (Å²) in [5, 5.41) is 36.9. The van der Waals surface area contributed by atoms with Gasteiger partial charge in [0.1, 0.15) is 0 Å². The summed E-state index contributed by atoms with van der Waals surface area (Å²) in [4.78, 5) is 20.3. The number of nitrogens with two attached hydrogens (primary N) is 1. The van der Waals surface area contributed by atoms with E-state index in [2.05, 4.69) is 10.2 Å². The van der Waals surface area contributed by atoms with E-state index >= 15 is 0 Å². The summed E-state index contributed by atoms with van der Waals surface area (Å²) < 4.78 is 34.3. The maximum Gasteiger partial charge on any atom is 0.326 e. The number of benzene rings is 2. The molecule has 32 heavy (non-hydrogen) atoms. The molecule has 0 bridgehead atoms. The van der Waals surface area contributed by atoms with Gasteiger partial charge in [0.25, 0.3) is 15.8 Å². The van der Waals surface area contributed by atoms with Gasteiger partial charge in [-0.05, 0) is 25.1 Å². The molecule has 0 heterocycles. The number of rotatable bonds is 6. The number of nitrogens with zero attached hydrogens (tertiary/aromatic N) is 4. The summed E-state index contributed by atoms with van der Waals surface area (Å²) in [6, 6.07) is 8.12. The van der Waals surface area contributed by atoms with Gasteiger partial charge in [0, 0.05) is 6.07 Å². The van der Waals surface area contributed by atoms with Crippen molar-refractivity contribution in [2.24, 2.45) is 15.9 Å². The van der Waals surface area contributed by atoms with Crippen molar-refractivity contribution < 1.29 is 32.8 Å². The molecule has 0 aliphatic carbocycles. The Morgan fingerprint density at radius 1 is 1.16 bits per heavy atom. The van der Waals surface area contributed by atoms with Crippen LogP contribution in [0.4, 0.5) is 11.4 Å². The summed E-state index contributed by atoms with van der Waals surface area (Å²) in [6.45, 7) is 1.84. The topological polar surface area (TPSA) is 233 Å². The van der Waals surface area contributed by atoms with Crippen molar-refractivity contribution in [3.05, 3.63) is 67.8 Å². The molecule has 2 aromatic carbocycles. The molecule has 0 spiro atoms. The van der Waals surface area contributed by atoms with Crippen LogP contribution >= 0.6 is 0 Å². The Bertz CT molecular complexity index is 1150. The molecule has 0 aliphatic heterocycles. The summed E-state index contributed by atoms with van der Waals surface area (Å²) in [6.07, 6.45) is 0.767. The van der Waals surface area contributed by atoms with E-state index in [0.717, 1.165) is 23.9 Å². The Hall–Kier alpha value is -4.15. The molecule has 2 rings (SSSR count). The summed E-state index contributed by atoms with van der Waals surface area (Å²) in [5.74, 6) is -0.677. The van der Waals surface area contributed by atoms with Gasteiger partial charge in [-0.25, -0.2) is 5.48 Å². The number of hydroxylamine groups is 1. The van der Waals surface area contributed by atoms with Gasteiger partial charge in [-0.15, -0.1) is 5.10 Å². The van der Waals surface area contributed by atoms with E-state index in [1.54, 1.807) is 12.1 Å². The molecule has 0 aromatic heterocycles. The summed E-state index contributed by atoms with van der Waals surface area (Å²) in [7, 11) is -2.84. The van der Waals surface area contributed by atoms with E-state index < -0.39 is 42.9 Å². The lowest BCUT2D eigenvalue weighted by Gasteiger charge is -2.04. The Balaban J connectivity index is 0.000000389. The van der Waals surface area contributed by atoms with Gasteiger partial charge < -0.3 is 10.5 Å². The third-order valence-electron chi connectivity index (χ3n) is 3.54. The van der Waals surface area contributed by atoms with E-state index in [1.165, 1.54) is 24.7 Å². The molecule has 5 N–H and O–H groups in total. The quantitative estimate of drug-likeness (QED) is 0.155. The first-order chi connectivity index (χ1) is 14.9. The van der Waals surface area contributed by atoms with E-state index in [1.807, 2.05) is 6.92 Å². The van der Waals surface area contributed by atoms with Gasteiger partial charge >= 0.3 is 5.69 Å². The van der Waals surface area contributed by atoms with Crippen molar-refractivity contribution >= 4 is 33.7 Å². The fourth-order valence-corrected chi connectivity index (χ4v) is 2.58. The predicted octanol–water partition coefficient (Wildman–Crippen LogP) is 1.38. The van der Waals surface area contributed by atoms with Gasteiger partial charge in [-0.2, -0.15) is 13.5 Å². The molecule has 2 aromatic rings. The number of nitrogens with one attached hydrogen (secondary N) is 1. The highest BCUT2D eigenvalue weighted by Gasteiger charge is 2.28. The molecule has 0 amide bonds. The highest BCUT2D eigenvalue weighted by molar-refractivity contribution is 7.85. The largest absolute Gasteiger partial charge is 0.490 e. The Labute approximate surface area is 180 Å². The average Bonchev–Trinajstić information content (AvgIpc) is 2.72. The van der Waals surface area contributed by atoms with Crippen LogP contribution in [0, 0.1) is 27.2 Å². The molecule has 16 heteroatoms. The normalized spacial score (nSPS) is 11.4. The monoisotopic (exact) mass is 470 g/mol. The number of hydrogen-bond donors (Lipinski definition) is 4. The lowest BCUT2D eigenvalue weighted by atomic mass is 10.1. The summed E-state index contributed by atoms with van der Waals surface area (Å²) in [5.41, 5.74) is 5.88. The second kappa shape index (κ2) is 11.3. The molecule has 0 radical (unpaired) electrons. The van der Waals surface area contributed by atoms with Crippen LogP contribution in [0.5, 0.6) is 5.75 Å². The lowest BCUT2D eigenvalue weighted by molar-refractivity contribution is -0.394. The van der Waals surface area contributed by atoms with Crippen LogP contribution in [0.1, 0.15) is 11.1 Å². The van der Waals surface area contributed by atoms with E-state index in [0.29, 0.717) is 0 Å². The molecular formula is C16H18N6O9S. The molecule has 0 unspecified atom stereocenters. The second-order valence-electron chi connectivity index (χ2n) is 5.69. The van der Waals surface area contributed by atoms with Gasteiger partial charge in [0.05, 0.1) is 28.1 Å². The number of guanidine groups is 1. The molecule has 0 saturated carbocycles. The van der Waals surface area contributed by atoms with Crippen molar-refractivity contribution in [2.75, 3.05) is 7.11 Å². The number of ether oxygens (including phenoxy) is 1. The molecule has 0 saturated heterocycles. The predicted molar refractivity (Wildman–Crippen MR) is 111 cm³/mol.